The van der Waals surface area contributed by atoms with Crippen LogP contribution in [-0.2, 0) is 0 Å². The topological polar surface area (TPSA) is 0 Å². The molecule has 0 unspecified atom stereocenters. The molecular weight excluding hydrogens is 288 g/mol. The average Bonchev–Trinajstić information content (AvgIpc) is 2.56. The van der Waals surface area contributed by atoms with Crippen LogP contribution in [0.15, 0.2) is 24.3 Å². The zero-order chi connectivity index (χ0) is 16.7. The van der Waals surface area contributed by atoms with E-state index in [0.717, 1.165) is 11.8 Å². The molecule has 0 aromatic heterocycles. The van der Waals surface area contributed by atoms with Crippen molar-refractivity contribution in [3.63, 3.8) is 0 Å². The fourth-order valence-electron chi connectivity index (χ4n) is 4.50. The summed E-state index contributed by atoms with van der Waals surface area (Å²) < 4.78 is 0. The van der Waals surface area contributed by atoms with Crippen LogP contribution in [0.4, 0.5) is 0 Å². The largest absolute Gasteiger partial charge is 0.0882 e. The van der Waals surface area contributed by atoms with Crippen LogP contribution in [0.5, 0.6) is 0 Å². The SMILES string of the molecule is C1=C[C@@H]([C@H]2C=CCCCCCCCCC2)CCCCCCCCC1. The molecular formula is C24H42. The molecule has 0 nitrogen and oxygen atoms in total. The molecule has 0 heteroatoms. The van der Waals surface area contributed by atoms with Crippen molar-refractivity contribution in [2.45, 2.75) is 116 Å². The van der Waals surface area contributed by atoms with Gasteiger partial charge in [-0.3, -0.25) is 0 Å². The van der Waals surface area contributed by atoms with Gasteiger partial charge < -0.3 is 0 Å². The third-order valence-corrected chi connectivity index (χ3v) is 6.13. The molecule has 24 heavy (non-hydrogen) atoms. The van der Waals surface area contributed by atoms with Crippen LogP contribution >= 0.6 is 0 Å². The lowest BCUT2D eigenvalue weighted by Crippen LogP contribution is -2.11. The third kappa shape index (κ3) is 9.09. The van der Waals surface area contributed by atoms with Gasteiger partial charge in [0.2, 0.25) is 0 Å². The molecule has 0 amide bonds. The van der Waals surface area contributed by atoms with Gasteiger partial charge in [-0.25, -0.2) is 0 Å². The summed E-state index contributed by atoms with van der Waals surface area (Å²) in [4.78, 5) is 0. The molecule has 2 aliphatic carbocycles. The molecule has 0 fully saturated rings. The first kappa shape index (κ1) is 19.8. The predicted molar refractivity (Wildman–Crippen MR) is 108 cm³/mol. The quantitative estimate of drug-likeness (QED) is 0.423. The highest BCUT2D eigenvalue weighted by atomic mass is 14.2. The fraction of sp³-hybridized carbons (Fsp3) is 0.833. The Morgan fingerprint density at radius 3 is 1.12 bits per heavy atom. The van der Waals surface area contributed by atoms with Crippen molar-refractivity contribution in [2.24, 2.45) is 11.8 Å². The Hall–Kier alpha value is -0.520. The molecule has 0 N–H and O–H groups in total. The summed E-state index contributed by atoms with van der Waals surface area (Å²) >= 11 is 0. The third-order valence-electron chi connectivity index (χ3n) is 6.13. The Balaban J connectivity index is 1.93. The highest BCUT2D eigenvalue weighted by Crippen LogP contribution is 2.29. The summed E-state index contributed by atoms with van der Waals surface area (Å²) in [7, 11) is 0. The molecule has 0 aromatic carbocycles. The van der Waals surface area contributed by atoms with E-state index in [-0.39, 0.29) is 0 Å². The van der Waals surface area contributed by atoms with Crippen LogP contribution in [0.25, 0.3) is 0 Å². The molecule has 0 saturated carbocycles. The van der Waals surface area contributed by atoms with Crippen molar-refractivity contribution >= 4 is 0 Å². The molecule has 0 heterocycles. The van der Waals surface area contributed by atoms with Crippen molar-refractivity contribution in [3.05, 3.63) is 24.3 Å². The van der Waals surface area contributed by atoms with E-state index in [0.29, 0.717) is 0 Å². The van der Waals surface area contributed by atoms with E-state index in [1.807, 2.05) is 0 Å². The van der Waals surface area contributed by atoms with Crippen molar-refractivity contribution in [3.8, 4) is 0 Å². The van der Waals surface area contributed by atoms with E-state index >= 15 is 0 Å². The van der Waals surface area contributed by atoms with Crippen molar-refractivity contribution < 1.29 is 0 Å². The van der Waals surface area contributed by atoms with Crippen LogP contribution in [0.1, 0.15) is 116 Å². The lowest BCUT2D eigenvalue weighted by Gasteiger charge is -2.23. The van der Waals surface area contributed by atoms with Gasteiger partial charge in [0.25, 0.3) is 0 Å². The Morgan fingerprint density at radius 2 is 0.708 bits per heavy atom. The second-order valence-electron chi connectivity index (χ2n) is 8.29. The zero-order valence-corrected chi connectivity index (χ0v) is 16.2. The van der Waals surface area contributed by atoms with Crippen LogP contribution in [0, 0.1) is 11.8 Å². The van der Waals surface area contributed by atoms with E-state index in [1.54, 1.807) is 0 Å². The van der Waals surface area contributed by atoms with Crippen molar-refractivity contribution in [1.82, 2.24) is 0 Å². The number of allylic oxidation sites excluding steroid dienone is 4. The van der Waals surface area contributed by atoms with Gasteiger partial charge in [-0.1, -0.05) is 101 Å². The van der Waals surface area contributed by atoms with Gasteiger partial charge in [0, 0.05) is 0 Å². The first-order valence-electron chi connectivity index (χ1n) is 11.3. The van der Waals surface area contributed by atoms with Gasteiger partial charge >= 0.3 is 0 Å². The van der Waals surface area contributed by atoms with Crippen LogP contribution in [0.3, 0.4) is 0 Å². The lowest BCUT2D eigenvalue weighted by atomic mass is 9.82. The summed E-state index contributed by atoms with van der Waals surface area (Å²) in [5.74, 6) is 1.62. The van der Waals surface area contributed by atoms with Crippen LogP contribution < -0.4 is 0 Å². The molecule has 2 atom stereocenters. The van der Waals surface area contributed by atoms with Crippen LogP contribution in [-0.4, -0.2) is 0 Å². The highest BCUT2D eigenvalue weighted by molar-refractivity contribution is 5.00. The average molecular weight is 331 g/mol. The van der Waals surface area contributed by atoms with Gasteiger partial charge in [0.05, 0.1) is 0 Å². The van der Waals surface area contributed by atoms with Gasteiger partial charge in [-0.2, -0.15) is 0 Å². The maximum absolute atomic E-state index is 2.61. The Bertz CT molecular complexity index is 304. The van der Waals surface area contributed by atoms with E-state index in [2.05, 4.69) is 24.3 Å². The second-order valence-corrected chi connectivity index (χ2v) is 8.29. The molecule has 0 bridgehead atoms. The molecule has 2 aliphatic rings. The maximum atomic E-state index is 2.61. The molecule has 138 valence electrons. The van der Waals surface area contributed by atoms with E-state index in [1.165, 1.54) is 116 Å². The Labute approximate surface area is 152 Å². The standard InChI is InChI=1S/C24H42/c1-3-7-11-15-19-23(20-16-12-8-4-1)24-21-17-13-9-5-2-6-10-14-18-22-24/h15,17,19,21,23-24H,1-14,16,18,20,22H2/t23-,24+. The van der Waals surface area contributed by atoms with Crippen molar-refractivity contribution in [2.75, 3.05) is 0 Å². The molecule has 2 rings (SSSR count). The first-order valence-corrected chi connectivity index (χ1v) is 11.3. The minimum Gasteiger partial charge on any atom is -0.0882 e. The molecule has 0 aromatic rings. The number of rotatable bonds is 1. The molecule has 0 aliphatic heterocycles. The number of hydrogen-bond acceptors (Lipinski definition) is 0. The Morgan fingerprint density at radius 1 is 0.375 bits per heavy atom. The summed E-state index contributed by atoms with van der Waals surface area (Å²) in [5.41, 5.74) is 0. The van der Waals surface area contributed by atoms with Crippen molar-refractivity contribution in [1.29, 1.82) is 0 Å². The summed E-state index contributed by atoms with van der Waals surface area (Å²) in [6.07, 6.45) is 36.0. The van der Waals surface area contributed by atoms with Gasteiger partial charge in [-0.15, -0.1) is 0 Å². The monoisotopic (exact) mass is 330 g/mol. The van der Waals surface area contributed by atoms with Gasteiger partial charge in [0.15, 0.2) is 0 Å². The molecule has 0 saturated heterocycles. The summed E-state index contributed by atoms with van der Waals surface area (Å²) in [6, 6.07) is 0. The highest BCUT2D eigenvalue weighted by Gasteiger charge is 2.16. The summed E-state index contributed by atoms with van der Waals surface area (Å²) in [5, 5.41) is 0. The van der Waals surface area contributed by atoms with Gasteiger partial charge in [0.1, 0.15) is 0 Å². The van der Waals surface area contributed by atoms with Gasteiger partial charge in [-0.05, 0) is 50.4 Å². The van der Waals surface area contributed by atoms with E-state index in [4.69, 9.17) is 0 Å². The fourth-order valence-corrected chi connectivity index (χ4v) is 4.50. The molecule has 0 spiro atoms. The first-order chi connectivity index (χ1) is 12.0. The predicted octanol–water partition coefficient (Wildman–Crippen LogP) is 8.38. The maximum Gasteiger partial charge on any atom is -0.0171 e. The zero-order valence-electron chi connectivity index (χ0n) is 16.2. The minimum atomic E-state index is 0.809. The Kier molecular flexibility index (Phi) is 11.3. The van der Waals surface area contributed by atoms with Crippen LogP contribution in [0.2, 0.25) is 0 Å². The summed E-state index contributed by atoms with van der Waals surface area (Å²) in [6.45, 7) is 0. The van der Waals surface area contributed by atoms with E-state index in [9.17, 15) is 0 Å². The normalized spacial score (nSPS) is 29.7. The lowest BCUT2D eigenvalue weighted by molar-refractivity contribution is 0.382. The van der Waals surface area contributed by atoms with E-state index < -0.39 is 0 Å². The minimum absolute atomic E-state index is 0.809. The number of hydrogen-bond donors (Lipinski definition) is 0. The smallest absolute Gasteiger partial charge is 0.0171 e. The molecule has 0 radical (unpaired) electrons. The second kappa shape index (κ2) is 13.7.